The zero-order valence-electron chi connectivity index (χ0n) is 34.4. The van der Waals surface area contributed by atoms with Gasteiger partial charge in [0.25, 0.3) is 29.5 Å². The number of aromatic nitrogens is 4. The van der Waals surface area contributed by atoms with E-state index in [0.29, 0.717) is 71.1 Å². The standard InChI is InChI=1S/C42H46Cl2N12O5.ClH/c1-52-24-29(21-33(52)40(59)49-28-22-34(53(2)23-28)41(60)51-37-12-11-32(55(37)4)39(58)47-16-13-36(45)46)50-42(61)35-20-26-19-27(7-10-31(26)54(35)3)48-38(57)25-5-8-30(9-6-25)56(17-14-43)18-15-44;/h5-12,19-24H,13-18H2,1-4H3,(H3,45,46)(H,47,58)(H,48,57)(H,49,59)(H,50,61)(H,51,60);1H. The molecule has 0 aliphatic carbocycles. The molecule has 2 aromatic carbocycles. The Labute approximate surface area is 373 Å². The fourth-order valence-corrected chi connectivity index (χ4v) is 7.22. The molecular formula is C42H47Cl3N12O5. The highest BCUT2D eigenvalue weighted by atomic mass is 35.5. The lowest BCUT2D eigenvalue weighted by Crippen LogP contribution is -3.00. The van der Waals surface area contributed by atoms with Crippen LogP contribution >= 0.6 is 23.2 Å². The number of carbonyl (C=O) groups excluding carboxylic acids is 5. The van der Waals surface area contributed by atoms with Crippen LogP contribution in [0.2, 0.25) is 0 Å². The number of aryl methyl sites for hydroxylation is 3. The minimum Gasteiger partial charge on any atom is -1.00 e. The van der Waals surface area contributed by atoms with Crippen molar-refractivity contribution in [1.29, 1.82) is 0 Å². The topological polar surface area (TPSA) is 220 Å². The SMILES string of the molecule is Cn1cc(NC(=O)c2cc3cc(NC(=O)c4ccc(N(CCCl)CCCl)cc4)ccc3n2C)cc1C(=O)Nc1cc(C(=O)Nc2ccc(C(=O)NCCC(N)=[NH2+])n2C)n(C)c1.[Cl-]. The first-order chi connectivity index (χ1) is 29.2. The molecule has 4 heterocycles. The summed E-state index contributed by atoms with van der Waals surface area (Å²) in [7, 11) is 6.75. The highest BCUT2D eigenvalue weighted by Crippen LogP contribution is 2.26. The fraction of sp³-hybridized carbons (Fsp3) is 0.238. The summed E-state index contributed by atoms with van der Waals surface area (Å²) in [5, 5.41) is 20.3. The number of nitrogens with one attached hydrogen (secondary N) is 5. The molecule has 17 nitrogen and oxygen atoms in total. The van der Waals surface area contributed by atoms with E-state index in [9.17, 15) is 24.0 Å². The molecular weight excluding hydrogens is 859 g/mol. The highest BCUT2D eigenvalue weighted by molar-refractivity contribution is 6.18. The van der Waals surface area contributed by atoms with Gasteiger partial charge in [0.15, 0.2) is 0 Å². The van der Waals surface area contributed by atoms with E-state index in [2.05, 4.69) is 31.5 Å². The van der Waals surface area contributed by atoms with E-state index in [4.69, 9.17) is 34.3 Å². The lowest BCUT2D eigenvalue weighted by molar-refractivity contribution is -0.117. The van der Waals surface area contributed by atoms with Gasteiger partial charge in [0.2, 0.25) is 5.84 Å². The van der Waals surface area contributed by atoms with E-state index in [0.717, 1.165) is 16.6 Å². The van der Waals surface area contributed by atoms with Crippen LogP contribution in [0.25, 0.3) is 10.9 Å². The number of amides is 5. The van der Waals surface area contributed by atoms with Gasteiger partial charge in [-0.2, -0.15) is 0 Å². The average Bonchev–Trinajstić information content (AvgIpc) is 3.98. The summed E-state index contributed by atoms with van der Waals surface area (Å²) < 4.78 is 6.43. The summed E-state index contributed by atoms with van der Waals surface area (Å²) in [4.78, 5) is 68.0. The van der Waals surface area contributed by atoms with E-state index in [1.807, 2.05) is 18.2 Å². The molecule has 5 amide bonds. The van der Waals surface area contributed by atoms with Crippen molar-refractivity contribution in [3.8, 4) is 0 Å². The molecule has 0 atom stereocenters. The van der Waals surface area contributed by atoms with Gasteiger partial charge in [-0.25, -0.2) is 0 Å². The fourth-order valence-electron chi connectivity index (χ4n) is 6.81. The molecule has 0 bridgehead atoms. The van der Waals surface area contributed by atoms with Gasteiger partial charge in [0.1, 0.15) is 28.6 Å². The molecule has 0 radical (unpaired) electrons. The van der Waals surface area contributed by atoms with Crippen molar-refractivity contribution in [2.75, 3.05) is 57.6 Å². The molecule has 6 rings (SSSR count). The van der Waals surface area contributed by atoms with Gasteiger partial charge in [-0.15, -0.1) is 23.2 Å². The molecule has 62 heavy (non-hydrogen) atoms. The van der Waals surface area contributed by atoms with Crippen molar-refractivity contribution in [1.82, 2.24) is 23.6 Å². The van der Waals surface area contributed by atoms with Crippen molar-refractivity contribution >= 4 is 98.0 Å². The summed E-state index contributed by atoms with van der Waals surface area (Å²) >= 11 is 11.9. The Morgan fingerprint density at radius 3 is 1.77 bits per heavy atom. The van der Waals surface area contributed by atoms with Gasteiger partial charge in [0, 0.05) is 99.8 Å². The molecule has 326 valence electrons. The first-order valence-corrected chi connectivity index (χ1v) is 20.2. The van der Waals surface area contributed by atoms with Crippen LogP contribution in [0.3, 0.4) is 0 Å². The molecule has 4 aromatic heterocycles. The third-order valence-corrected chi connectivity index (χ3v) is 10.4. The first kappa shape index (κ1) is 46.4. The Hall–Kier alpha value is -6.69. The van der Waals surface area contributed by atoms with Crippen LogP contribution in [-0.4, -0.2) is 85.0 Å². The number of alkyl halides is 2. The van der Waals surface area contributed by atoms with E-state index < -0.39 is 17.7 Å². The molecule has 6 aromatic rings. The van der Waals surface area contributed by atoms with Crippen LogP contribution in [0, 0.1) is 0 Å². The molecule has 0 saturated heterocycles. The van der Waals surface area contributed by atoms with Gasteiger partial charge < -0.3 is 62.2 Å². The van der Waals surface area contributed by atoms with E-state index >= 15 is 0 Å². The zero-order valence-corrected chi connectivity index (χ0v) is 36.7. The molecule has 0 unspecified atom stereocenters. The minimum absolute atomic E-state index is 0. The monoisotopic (exact) mass is 904 g/mol. The number of rotatable bonds is 17. The van der Waals surface area contributed by atoms with Gasteiger partial charge in [0.05, 0.1) is 17.8 Å². The Balaban J connectivity index is 0.00000726. The number of anilines is 5. The Morgan fingerprint density at radius 1 is 0.629 bits per heavy atom. The second-order valence-corrected chi connectivity index (χ2v) is 15.0. The number of benzene rings is 2. The number of nitrogens with two attached hydrogens (primary N) is 2. The second kappa shape index (κ2) is 20.2. The van der Waals surface area contributed by atoms with Crippen molar-refractivity contribution in [3.05, 3.63) is 114 Å². The van der Waals surface area contributed by atoms with Gasteiger partial charge in [-0.1, -0.05) is 0 Å². The molecule has 0 fully saturated rings. The Morgan fingerprint density at radius 2 is 1.19 bits per heavy atom. The molecule has 0 saturated carbocycles. The number of fused-ring (bicyclic) bond motifs is 1. The third-order valence-electron chi connectivity index (χ3n) is 10.0. The van der Waals surface area contributed by atoms with E-state index in [-0.39, 0.29) is 48.0 Å². The molecule has 9 N–H and O–H groups in total. The summed E-state index contributed by atoms with van der Waals surface area (Å²) in [5.41, 5.74) is 10.1. The summed E-state index contributed by atoms with van der Waals surface area (Å²) in [6, 6.07) is 20.6. The number of hydrogen-bond acceptors (Lipinski definition) is 6. The Bertz CT molecular complexity index is 2640. The minimum atomic E-state index is -0.470. The van der Waals surface area contributed by atoms with Crippen LogP contribution in [0.5, 0.6) is 0 Å². The van der Waals surface area contributed by atoms with Crippen LogP contribution < -0.4 is 55.0 Å². The van der Waals surface area contributed by atoms with Crippen LogP contribution in [0.1, 0.15) is 58.7 Å². The maximum atomic E-state index is 13.5. The maximum absolute atomic E-state index is 13.5. The number of amidine groups is 1. The van der Waals surface area contributed by atoms with E-state index in [1.165, 1.54) is 6.07 Å². The van der Waals surface area contributed by atoms with Gasteiger partial charge in [-0.3, -0.25) is 35.1 Å². The number of nitrogens with zero attached hydrogens (tertiary/aromatic N) is 5. The highest BCUT2D eigenvalue weighted by Gasteiger charge is 2.21. The smallest absolute Gasteiger partial charge is 0.273 e. The summed E-state index contributed by atoms with van der Waals surface area (Å²) in [6.45, 7) is 1.54. The van der Waals surface area contributed by atoms with Crippen molar-refractivity contribution < 1.29 is 41.8 Å². The lowest BCUT2D eigenvalue weighted by Gasteiger charge is -2.22. The first-order valence-electron chi connectivity index (χ1n) is 19.1. The average molecular weight is 906 g/mol. The summed E-state index contributed by atoms with van der Waals surface area (Å²) in [5.74, 6) is -0.464. The van der Waals surface area contributed by atoms with Crippen molar-refractivity contribution in [3.63, 3.8) is 0 Å². The number of halogens is 3. The normalized spacial score (nSPS) is 10.8. The molecule has 20 heteroatoms. The van der Waals surface area contributed by atoms with Crippen LogP contribution in [-0.2, 0) is 28.2 Å². The maximum Gasteiger partial charge on any atom is 0.273 e. The molecule has 0 aliphatic heterocycles. The zero-order chi connectivity index (χ0) is 44.0. The van der Waals surface area contributed by atoms with Crippen molar-refractivity contribution in [2.45, 2.75) is 6.42 Å². The predicted octanol–water partition coefficient (Wildman–Crippen LogP) is 0.727. The van der Waals surface area contributed by atoms with Crippen LogP contribution in [0.15, 0.2) is 85.2 Å². The number of hydrogen-bond donors (Lipinski definition) is 7. The van der Waals surface area contributed by atoms with E-state index in [1.54, 1.807) is 107 Å². The number of carbonyl (C=O) groups is 5. The van der Waals surface area contributed by atoms with Gasteiger partial charge >= 0.3 is 0 Å². The Kier molecular flexibility index (Phi) is 15.1. The van der Waals surface area contributed by atoms with Gasteiger partial charge in [-0.05, 0) is 72.8 Å². The largest absolute Gasteiger partial charge is 1.00 e. The second-order valence-electron chi connectivity index (χ2n) is 14.3. The third kappa shape index (κ3) is 10.6. The predicted molar refractivity (Wildman–Crippen MR) is 239 cm³/mol. The lowest BCUT2D eigenvalue weighted by atomic mass is 10.1. The molecule has 0 aliphatic rings. The van der Waals surface area contributed by atoms with Crippen LogP contribution in [0.4, 0.5) is 28.6 Å². The quantitative estimate of drug-likeness (QED) is 0.0395. The summed E-state index contributed by atoms with van der Waals surface area (Å²) in [6.07, 6.45) is 3.54. The molecule has 0 spiro atoms. The van der Waals surface area contributed by atoms with Crippen molar-refractivity contribution in [2.24, 2.45) is 33.9 Å².